The summed E-state index contributed by atoms with van der Waals surface area (Å²) in [6.45, 7) is 4.04. The standard InChI is InChI=1S/C18H21N3O2S2/c1-13-19-16(12-21-7-9-25(22,23)10-8-21)15-11-17(24-18(15)20-13)14-5-3-2-4-6-14/h2-6,11,22-23H,7-10,12H2,1H3. The third kappa shape index (κ3) is 3.70. The fourth-order valence-electron chi connectivity index (χ4n) is 3.10. The van der Waals surface area contributed by atoms with E-state index in [1.807, 2.05) is 25.1 Å². The van der Waals surface area contributed by atoms with Gasteiger partial charge < -0.3 is 0 Å². The van der Waals surface area contributed by atoms with Gasteiger partial charge in [-0.3, -0.25) is 14.0 Å². The highest BCUT2D eigenvalue weighted by Crippen LogP contribution is 2.41. The molecule has 5 nitrogen and oxygen atoms in total. The van der Waals surface area contributed by atoms with Crippen molar-refractivity contribution in [2.24, 2.45) is 0 Å². The molecule has 1 aliphatic heterocycles. The van der Waals surface area contributed by atoms with E-state index < -0.39 is 10.6 Å². The predicted octanol–water partition coefficient (Wildman–Crippen LogP) is 4.23. The van der Waals surface area contributed by atoms with Crippen LogP contribution in [0.3, 0.4) is 0 Å². The predicted molar refractivity (Wildman–Crippen MR) is 105 cm³/mol. The van der Waals surface area contributed by atoms with Crippen molar-refractivity contribution in [3.63, 3.8) is 0 Å². The van der Waals surface area contributed by atoms with Gasteiger partial charge in [-0.05, 0) is 18.6 Å². The van der Waals surface area contributed by atoms with Crippen molar-refractivity contribution in [3.8, 4) is 10.4 Å². The lowest BCUT2D eigenvalue weighted by molar-refractivity contribution is 0.276. The monoisotopic (exact) mass is 375 g/mol. The molecule has 132 valence electrons. The van der Waals surface area contributed by atoms with E-state index in [9.17, 15) is 9.11 Å². The zero-order chi connectivity index (χ0) is 17.4. The van der Waals surface area contributed by atoms with E-state index in [-0.39, 0.29) is 0 Å². The molecule has 0 radical (unpaired) electrons. The van der Waals surface area contributed by atoms with Crippen LogP contribution in [0.4, 0.5) is 0 Å². The zero-order valence-corrected chi connectivity index (χ0v) is 15.7. The molecule has 0 saturated carbocycles. The van der Waals surface area contributed by atoms with Gasteiger partial charge in [-0.1, -0.05) is 30.3 Å². The van der Waals surface area contributed by atoms with Crippen molar-refractivity contribution in [1.82, 2.24) is 14.9 Å². The van der Waals surface area contributed by atoms with Crippen molar-refractivity contribution in [3.05, 3.63) is 47.9 Å². The van der Waals surface area contributed by atoms with Gasteiger partial charge in [0.2, 0.25) is 0 Å². The highest BCUT2D eigenvalue weighted by molar-refractivity contribution is 8.24. The van der Waals surface area contributed by atoms with E-state index in [4.69, 9.17) is 0 Å². The normalized spacial score (nSPS) is 19.2. The zero-order valence-electron chi connectivity index (χ0n) is 14.1. The van der Waals surface area contributed by atoms with Gasteiger partial charge in [0.25, 0.3) is 0 Å². The van der Waals surface area contributed by atoms with Crippen LogP contribution in [0.1, 0.15) is 11.5 Å². The molecule has 7 heteroatoms. The highest BCUT2D eigenvalue weighted by Gasteiger charge is 2.23. The van der Waals surface area contributed by atoms with Crippen LogP contribution in [0.15, 0.2) is 36.4 Å². The van der Waals surface area contributed by atoms with Crippen LogP contribution in [0.25, 0.3) is 20.7 Å². The Balaban J connectivity index is 1.65. The second-order valence-electron chi connectivity index (χ2n) is 6.40. The minimum Gasteiger partial charge on any atom is -0.299 e. The minimum absolute atomic E-state index is 0.457. The number of hydrogen-bond acceptors (Lipinski definition) is 6. The number of aromatic nitrogens is 2. The van der Waals surface area contributed by atoms with Crippen LogP contribution in [0.5, 0.6) is 0 Å². The number of thiophene rings is 1. The molecule has 1 fully saturated rings. The lowest BCUT2D eigenvalue weighted by Gasteiger charge is -2.40. The molecule has 4 rings (SSSR count). The first-order chi connectivity index (χ1) is 12.0. The summed E-state index contributed by atoms with van der Waals surface area (Å²) >= 11 is 1.69. The van der Waals surface area contributed by atoms with Gasteiger partial charge in [0, 0.05) is 29.9 Å². The Morgan fingerprint density at radius 3 is 2.56 bits per heavy atom. The van der Waals surface area contributed by atoms with E-state index in [0.717, 1.165) is 28.3 Å². The van der Waals surface area contributed by atoms with Gasteiger partial charge in [-0.2, -0.15) is 10.6 Å². The molecule has 2 N–H and O–H groups in total. The smallest absolute Gasteiger partial charge is 0.127 e. The van der Waals surface area contributed by atoms with E-state index in [0.29, 0.717) is 24.6 Å². The Morgan fingerprint density at radius 2 is 1.84 bits per heavy atom. The fraction of sp³-hybridized carbons (Fsp3) is 0.333. The molecular weight excluding hydrogens is 354 g/mol. The van der Waals surface area contributed by atoms with Crippen LogP contribution in [0, 0.1) is 6.92 Å². The van der Waals surface area contributed by atoms with Crippen LogP contribution in [-0.2, 0) is 6.54 Å². The van der Waals surface area contributed by atoms with Gasteiger partial charge in [0.05, 0.1) is 17.2 Å². The Bertz CT molecular complexity index is 886. The Morgan fingerprint density at radius 1 is 1.12 bits per heavy atom. The van der Waals surface area contributed by atoms with Crippen LogP contribution in [-0.4, -0.2) is 48.6 Å². The van der Waals surface area contributed by atoms with Crippen molar-refractivity contribution < 1.29 is 9.11 Å². The van der Waals surface area contributed by atoms with E-state index in [1.165, 1.54) is 10.4 Å². The molecule has 0 unspecified atom stereocenters. The third-order valence-corrected chi connectivity index (χ3v) is 7.23. The number of fused-ring (bicyclic) bond motifs is 1. The molecule has 0 aliphatic carbocycles. The largest absolute Gasteiger partial charge is 0.299 e. The van der Waals surface area contributed by atoms with E-state index >= 15 is 0 Å². The SMILES string of the molecule is Cc1nc(CN2CCS(O)(O)CC2)c2cc(-c3ccccc3)sc2n1. The molecule has 3 aromatic rings. The Kier molecular flexibility index (Phi) is 4.51. The topological polar surface area (TPSA) is 69.5 Å². The van der Waals surface area contributed by atoms with Gasteiger partial charge in [0.1, 0.15) is 10.7 Å². The summed E-state index contributed by atoms with van der Waals surface area (Å²) in [6, 6.07) is 12.5. The van der Waals surface area contributed by atoms with Gasteiger partial charge in [-0.25, -0.2) is 9.97 Å². The first-order valence-corrected chi connectivity index (χ1v) is 11.0. The summed E-state index contributed by atoms with van der Waals surface area (Å²) in [6.07, 6.45) is 0. The first kappa shape index (κ1) is 16.9. The van der Waals surface area contributed by atoms with Crippen molar-refractivity contribution >= 4 is 32.1 Å². The van der Waals surface area contributed by atoms with Crippen molar-refractivity contribution in [1.29, 1.82) is 0 Å². The van der Waals surface area contributed by atoms with Crippen LogP contribution >= 0.6 is 21.9 Å². The Labute approximate surface area is 152 Å². The average Bonchev–Trinajstić information content (AvgIpc) is 3.02. The molecule has 25 heavy (non-hydrogen) atoms. The highest BCUT2D eigenvalue weighted by atomic mass is 32.3. The minimum atomic E-state index is -2.36. The summed E-state index contributed by atoms with van der Waals surface area (Å²) in [5.41, 5.74) is 2.22. The lowest BCUT2D eigenvalue weighted by Crippen LogP contribution is -2.38. The molecule has 1 aromatic carbocycles. The molecular formula is C18H21N3O2S2. The number of hydrogen-bond donors (Lipinski definition) is 2. The van der Waals surface area contributed by atoms with E-state index in [2.05, 4.69) is 33.1 Å². The molecule has 1 saturated heterocycles. The second-order valence-corrected chi connectivity index (χ2v) is 9.85. The van der Waals surface area contributed by atoms with Crippen molar-refractivity contribution in [2.45, 2.75) is 13.5 Å². The maximum atomic E-state index is 9.79. The fourth-order valence-corrected chi connectivity index (χ4v) is 5.51. The lowest BCUT2D eigenvalue weighted by atomic mass is 10.1. The Hall–Kier alpha value is -1.51. The van der Waals surface area contributed by atoms with Gasteiger partial charge in [0.15, 0.2) is 0 Å². The molecule has 0 atom stereocenters. The third-order valence-electron chi connectivity index (χ3n) is 4.48. The summed E-state index contributed by atoms with van der Waals surface area (Å²) < 4.78 is 19.6. The molecule has 2 aromatic heterocycles. The van der Waals surface area contributed by atoms with Crippen molar-refractivity contribution in [2.75, 3.05) is 24.6 Å². The summed E-state index contributed by atoms with van der Waals surface area (Å²) in [5, 5.41) is 1.10. The van der Waals surface area contributed by atoms with E-state index in [1.54, 1.807) is 11.3 Å². The van der Waals surface area contributed by atoms with Gasteiger partial charge >= 0.3 is 0 Å². The van der Waals surface area contributed by atoms with Crippen LogP contribution in [0.2, 0.25) is 0 Å². The number of nitrogens with zero attached hydrogens (tertiary/aromatic N) is 3. The number of aryl methyl sites for hydroxylation is 1. The maximum Gasteiger partial charge on any atom is 0.127 e. The summed E-state index contributed by atoms with van der Waals surface area (Å²) in [7, 11) is -2.36. The maximum absolute atomic E-state index is 9.79. The molecule has 3 heterocycles. The molecule has 1 aliphatic rings. The molecule has 0 amide bonds. The second kappa shape index (κ2) is 6.66. The van der Waals surface area contributed by atoms with Crippen LogP contribution < -0.4 is 0 Å². The molecule has 0 bridgehead atoms. The van der Waals surface area contributed by atoms with Gasteiger partial charge in [-0.15, -0.1) is 11.3 Å². The summed E-state index contributed by atoms with van der Waals surface area (Å²) in [5.74, 6) is 1.70. The summed E-state index contributed by atoms with van der Waals surface area (Å²) in [4.78, 5) is 13.7. The average molecular weight is 376 g/mol. The first-order valence-electron chi connectivity index (χ1n) is 8.29. The number of benzene rings is 1. The molecule has 0 spiro atoms. The number of rotatable bonds is 3. The quantitative estimate of drug-likeness (QED) is 0.717.